The zero-order chi connectivity index (χ0) is 13.7. The van der Waals surface area contributed by atoms with Gasteiger partial charge in [-0.15, -0.1) is 0 Å². The van der Waals surface area contributed by atoms with Crippen molar-refractivity contribution in [1.82, 2.24) is 14.7 Å². The van der Waals surface area contributed by atoms with E-state index in [0.29, 0.717) is 39.1 Å². The second-order valence-electron chi connectivity index (χ2n) is 4.96. The van der Waals surface area contributed by atoms with Gasteiger partial charge in [-0.3, -0.25) is 9.59 Å². The average molecular weight is 256 g/mol. The summed E-state index contributed by atoms with van der Waals surface area (Å²) < 4.78 is 0. The van der Waals surface area contributed by atoms with E-state index in [2.05, 4.69) is 0 Å². The molecular weight excluding hydrogens is 232 g/mol. The normalized spacial score (nSPS) is 18.1. The van der Waals surface area contributed by atoms with Crippen LogP contribution in [0.15, 0.2) is 0 Å². The Bertz CT molecular complexity index is 298. The van der Waals surface area contributed by atoms with E-state index in [1.807, 2.05) is 25.9 Å². The van der Waals surface area contributed by atoms with Crippen molar-refractivity contribution in [3.63, 3.8) is 0 Å². The van der Waals surface area contributed by atoms with E-state index < -0.39 is 6.04 Å². The van der Waals surface area contributed by atoms with E-state index in [-0.39, 0.29) is 11.8 Å². The summed E-state index contributed by atoms with van der Waals surface area (Å²) in [6, 6.07) is -0.408. The van der Waals surface area contributed by atoms with Gasteiger partial charge < -0.3 is 20.4 Å². The Labute approximate surface area is 109 Å². The molecular formula is C12H24N4O2. The molecule has 2 amide bonds. The van der Waals surface area contributed by atoms with Gasteiger partial charge in [0.1, 0.15) is 0 Å². The third kappa shape index (κ3) is 3.96. The van der Waals surface area contributed by atoms with Gasteiger partial charge in [-0.2, -0.15) is 0 Å². The number of likely N-dealkylation sites (N-methyl/N-ethyl adjacent to an activating group) is 1. The monoisotopic (exact) mass is 256 g/mol. The number of piperazine rings is 1. The van der Waals surface area contributed by atoms with Gasteiger partial charge in [0.25, 0.3) is 0 Å². The minimum absolute atomic E-state index is 0.00258. The molecule has 1 rings (SSSR count). The maximum Gasteiger partial charge on any atom is 0.239 e. The molecule has 0 radical (unpaired) electrons. The molecule has 1 heterocycles. The number of amides is 2. The standard InChI is InChI=1S/C12H24N4O2/c1-4-10(13)12(18)16-7-5-15(6-8-16)11(17)9-14(2)3/h10H,4-9,13H2,1-3H3. The predicted octanol–water partition coefficient (Wildman–Crippen LogP) is -1.04. The molecule has 1 fully saturated rings. The molecule has 104 valence electrons. The van der Waals surface area contributed by atoms with Gasteiger partial charge in [-0.25, -0.2) is 0 Å². The zero-order valence-electron chi connectivity index (χ0n) is 11.6. The number of rotatable bonds is 4. The van der Waals surface area contributed by atoms with Crippen LogP contribution < -0.4 is 5.73 Å². The Morgan fingerprint density at radius 1 is 1.17 bits per heavy atom. The molecule has 6 nitrogen and oxygen atoms in total. The van der Waals surface area contributed by atoms with Crippen LogP contribution in [-0.2, 0) is 9.59 Å². The van der Waals surface area contributed by atoms with Crippen LogP contribution in [-0.4, -0.2) is 79.4 Å². The van der Waals surface area contributed by atoms with Gasteiger partial charge in [0.05, 0.1) is 12.6 Å². The fourth-order valence-corrected chi connectivity index (χ4v) is 1.96. The maximum absolute atomic E-state index is 11.9. The second-order valence-corrected chi connectivity index (χ2v) is 4.96. The van der Waals surface area contributed by atoms with Crippen molar-refractivity contribution in [2.24, 2.45) is 5.73 Å². The van der Waals surface area contributed by atoms with Crippen molar-refractivity contribution >= 4 is 11.8 Å². The molecule has 0 aromatic rings. The Kier molecular flexibility index (Phi) is 5.55. The number of nitrogens with two attached hydrogens (primary N) is 1. The van der Waals surface area contributed by atoms with E-state index >= 15 is 0 Å². The Hall–Kier alpha value is -1.14. The van der Waals surface area contributed by atoms with Crippen molar-refractivity contribution in [3.8, 4) is 0 Å². The molecule has 1 aliphatic rings. The summed E-state index contributed by atoms with van der Waals surface area (Å²) in [4.78, 5) is 29.1. The largest absolute Gasteiger partial charge is 0.338 e. The minimum atomic E-state index is -0.408. The Morgan fingerprint density at radius 3 is 2.11 bits per heavy atom. The van der Waals surface area contributed by atoms with Crippen LogP contribution in [0.25, 0.3) is 0 Å². The molecule has 2 N–H and O–H groups in total. The molecule has 0 aromatic carbocycles. The summed E-state index contributed by atoms with van der Waals surface area (Å²) in [5.41, 5.74) is 5.73. The highest BCUT2D eigenvalue weighted by atomic mass is 16.2. The van der Waals surface area contributed by atoms with E-state index in [4.69, 9.17) is 5.73 Å². The molecule has 1 aliphatic heterocycles. The molecule has 18 heavy (non-hydrogen) atoms. The highest BCUT2D eigenvalue weighted by molar-refractivity contribution is 5.82. The number of hydrogen-bond donors (Lipinski definition) is 1. The van der Waals surface area contributed by atoms with Crippen LogP contribution in [0.1, 0.15) is 13.3 Å². The predicted molar refractivity (Wildman–Crippen MR) is 70.0 cm³/mol. The van der Waals surface area contributed by atoms with Crippen LogP contribution >= 0.6 is 0 Å². The first-order valence-corrected chi connectivity index (χ1v) is 6.42. The van der Waals surface area contributed by atoms with E-state index in [0.717, 1.165) is 0 Å². The van der Waals surface area contributed by atoms with Crippen molar-refractivity contribution < 1.29 is 9.59 Å². The first-order chi connectivity index (χ1) is 8.45. The highest BCUT2D eigenvalue weighted by Gasteiger charge is 2.26. The highest BCUT2D eigenvalue weighted by Crippen LogP contribution is 2.05. The minimum Gasteiger partial charge on any atom is -0.338 e. The fraction of sp³-hybridized carbons (Fsp3) is 0.833. The molecule has 0 spiro atoms. The van der Waals surface area contributed by atoms with Gasteiger partial charge in [0.15, 0.2) is 0 Å². The topological polar surface area (TPSA) is 69.9 Å². The molecule has 0 saturated carbocycles. The molecule has 0 aromatic heterocycles. The maximum atomic E-state index is 11.9. The molecule has 1 unspecified atom stereocenters. The number of nitrogens with zero attached hydrogens (tertiary/aromatic N) is 3. The molecule has 1 atom stereocenters. The average Bonchev–Trinajstić information content (AvgIpc) is 2.36. The van der Waals surface area contributed by atoms with Crippen molar-refractivity contribution in [1.29, 1.82) is 0 Å². The first-order valence-electron chi connectivity index (χ1n) is 6.42. The lowest BCUT2D eigenvalue weighted by Gasteiger charge is -2.36. The molecule has 1 saturated heterocycles. The lowest BCUT2D eigenvalue weighted by Crippen LogP contribution is -2.55. The summed E-state index contributed by atoms with van der Waals surface area (Å²) in [6.45, 7) is 4.71. The van der Waals surface area contributed by atoms with E-state index in [1.165, 1.54) is 0 Å². The van der Waals surface area contributed by atoms with Crippen LogP contribution in [0.3, 0.4) is 0 Å². The Balaban J connectivity index is 2.41. The zero-order valence-corrected chi connectivity index (χ0v) is 11.6. The van der Waals surface area contributed by atoms with E-state index in [9.17, 15) is 9.59 Å². The third-order valence-electron chi connectivity index (χ3n) is 3.15. The Morgan fingerprint density at radius 2 is 1.67 bits per heavy atom. The molecule has 6 heteroatoms. The summed E-state index contributed by atoms with van der Waals surface area (Å²) in [6.07, 6.45) is 0.651. The SMILES string of the molecule is CCC(N)C(=O)N1CCN(C(=O)CN(C)C)CC1. The van der Waals surface area contributed by atoms with Gasteiger partial charge in [0, 0.05) is 26.2 Å². The first kappa shape index (κ1) is 14.9. The van der Waals surface area contributed by atoms with Gasteiger partial charge in [-0.1, -0.05) is 6.92 Å². The molecule has 0 bridgehead atoms. The summed E-state index contributed by atoms with van der Waals surface area (Å²) in [5.74, 6) is 0.115. The van der Waals surface area contributed by atoms with Crippen molar-refractivity contribution in [2.75, 3.05) is 46.8 Å². The lowest BCUT2D eigenvalue weighted by atomic mass is 10.2. The van der Waals surface area contributed by atoms with Crippen molar-refractivity contribution in [2.45, 2.75) is 19.4 Å². The van der Waals surface area contributed by atoms with Crippen LogP contribution in [0.5, 0.6) is 0 Å². The summed E-state index contributed by atoms with van der Waals surface area (Å²) in [7, 11) is 3.75. The number of carbonyl (C=O) groups is 2. The fourth-order valence-electron chi connectivity index (χ4n) is 1.96. The van der Waals surface area contributed by atoms with Gasteiger partial charge in [0.2, 0.25) is 11.8 Å². The summed E-state index contributed by atoms with van der Waals surface area (Å²) in [5, 5.41) is 0. The van der Waals surface area contributed by atoms with Crippen LogP contribution in [0.4, 0.5) is 0 Å². The van der Waals surface area contributed by atoms with Crippen LogP contribution in [0.2, 0.25) is 0 Å². The van der Waals surface area contributed by atoms with Crippen molar-refractivity contribution in [3.05, 3.63) is 0 Å². The van der Waals surface area contributed by atoms with Gasteiger partial charge in [-0.05, 0) is 20.5 Å². The van der Waals surface area contributed by atoms with Gasteiger partial charge >= 0.3 is 0 Å². The van der Waals surface area contributed by atoms with Crippen LogP contribution in [0, 0.1) is 0 Å². The third-order valence-corrected chi connectivity index (χ3v) is 3.15. The number of carbonyl (C=O) groups excluding carboxylic acids is 2. The lowest BCUT2D eigenvalue weighted by molar-refractivity contribution is -0.140. The summed E-state index contributed by atoms with van der Waals surface area (Å²) >= 11 is 0. The smallest absolute Gasteiger partial charge is 0.239 e. The van der Waals surface area contributed by atoms with E-state index in [1.54, 1.807) is 9.80 Å². The quantitative estimate of drug-likeness (QED) is 0.697. The second kappa shape index (κ2) is 6.70. The number of hydrogen-bond acceptors (Lipinski definition) is 4. The molecule has 0 aliphatic carbocycles.